The van der Waals surface area contributed by atoms with Gasteiger partial charge in [-0.15, -0.1) is 0 Å². The van der Waals surface area contributed by atoms with E-state index in [9.17, 15) is 14.7 Å². The second-order valence-electron chi connectivity index (χ2n) is 11.6. The fourth-order valence-corrected chi connectivity index (χ4v) is 8.99. The number of carbonyl (C=O) groups is 2. The molecule has 4 saturated carbocycles. The Hall–Kier alpha value is -0.860. The van der Waals surface area contributed by atoms with E-state index in [1.165, 1.54) is 25.7 Å². The molecule has 0 aromatic rings. The van der Waals surface area contributed by atoms with Gasteiger partial charge < -0.3 is 9.90 Å². The summed E-state index contributed by atoms with van der Waals surface area (Å²) < 4.78 is 0. The van der Waals surface area contributed by atoms with Gasteiger partial charge in [0.2, 0.25) is 0 Å². The second kappa shape index (κ2) is 6.84. The van der Waals surface area contributed by atoms with Crippen molar-refractivity contribution in [2.45, 2.75) is 98.3 Å². The van der Waals surface area contributed by atoms with Gasteiger partial charge in [-0.1, -0.05) is 27.2 Å². The molecule has 158 valence electrons. The highest BCUT2D eigenvalue weighted by Crippen LogP contribution is 2.70. The summed E-state index contributed by atoms with van der Waals surface area (Å²) in [5.41, 5.74) is 0.166. The summed E-state index contributed by atoms with van der Waals surface area (Å²) in [5, 5.41) is 10.1. The van der Waals surface area contributed by atoms with Crippen molar-refractivity contribution in [1.29, 1.82) is 0 Å². The Balaban J connectivity index is 1.64. The Bertz CT molecular complexity index is 656. The maximum atomic E-state index is 12.3. The van der Waals surface area contributed by atoms with E-state index in [1.54, 1.807) is 6.92 Å². The third kappa shape index (κ3) is 2.74. The highest BCUT2D eigenvalue weighted by Gasteiger charge is 2.64. The van der Waals surface area contributed by atoms with Crippen molar-refractivity contribution in [1.82, 2.24) is 0 Å². The highest BCUT2D eigenvalue weighted by molar-refractivity contribution is 5.76. The Morgan fingerprint density at radius 2 is 1.71 bits per heavy atom. The topological polar surface area (TPSA) is 54.4 Å². The molecule has 0 heterocycles. The molecular formula is C25H40O3. The van der Waals surface area contributed by atoms with Gasteiger partial charge in [0.15, 0.2) is 0 Å². The Morgan fingerprint density at radius 3 is 2.39 bits per heavy atom. The minimum atomic E-state index is -0.510. The summed E-state index contributed by atoms with van der Waals surface area (Å²) in [4.78, 5) is 24.0. The number of rotatable bonds is 4. The molecule has 1 N–H and O–H groups in total. The lowest BCUT2D eigenvalue weighted by molar-refractivity contribution is -0.180. The van der Waals surface area contributed by atoms with Gasteiger partial charge in [-0.2, -0.15) is 0 Å². The number of carboxylic acid groups (broad SMARTS) is 1. The Morgan fingerprint density at radius 1 is 0.964 bits per heavy atom. The van der Waals surface area contributed by atoms with Gasteiger partial charge in [0, 0.05) is 6.42 Å². The number of aliphatic carboxylic acids is 1. The SMILES string of the molecule is CC(=O)CCC1(C)C(C)CCC2(C)C3CCC4(C(=O)O)CCCC4C3CCC12. The van der Waals surface area contributed by atoms with Crippen molar-refractivity contribution >= 4 is 11.8 Å². The fourth-order valence-electron chi connectivity index (χ4n) is 8.99. The number of Topliss-reactive ketones (excluding diaryl/α,β-unsaturated/α-hetero) is 1. The fraction of sp³-hybridized carbons (Fsp3) is 0.920. The molecule has 0 aromatic heterocycles. The minimum absolute atomic E-state index is 0.251. The van der Waals surface area contributed by atoms with E-state index in [1.807, 2.05) is 0 Å². The van der Waals surface area contributed by atoms with Crippen LogP contribution >= 0.6 is 0 Å². The number of fused-ring (bicyclic) bond motifs is 5. The average Bonchev–Trinajstić information content (AvgIpc) is 3.09. The van der Waals surface area contributed by atoms with E-state index >= 15 is 0 Å². The zero-order valence-electron chi connectivity index (χ0n) is 18.4. The largest absolute Gasteiger partial charge is 0.481 e. The number of carbonyl (C=O) groups excluding carboxylic acids is 1. The molecule has 4 rings (SSSR count). The van der Waals surface area contributed by atoms with Gasteiger partial charge >= 0.3 is 5.97 Å². The first kappa shape index (κ1) is 20.4. The van der Waals surface area contributed by atoms with Gasteiger partial charge in [-0.3, -0.25) is 4.79 Å². The van der Waals surface area contributed by atoms with Gasteiger partial charge in [-0.25, -0.2) is 0 Å². The quantitative estimate of drug-likeness (QED) is 0.632. The van der Waals surface area contributed by atoms with Crippen LogP contribution in [0.25, 0.3) is 0 Å². The molecule has 0 aliphatic heterocycles. The summed E-state index contributed by atoms with van der Waals surface area (Å²) in [6.07, 6.45) is 11.9. The molecule has 0 radical (unpaired) electrons. The normalized spacial score (nSPS) is 50.4. The van der Waals surface area contributed by atoms with Crippen molar-refractivity contribution in [2.24, 2.45) is 45.8 Å². The summed E-state index contributed by atoms with van der Waals surface area (Å²) in [7, 11) is 0. The van der Waals surface area contributed by atoms with Crippen LogP contribution in [0.4, 0.5) is 0 Å². The summed E-state index contributed by atoms with van der Waals surface area (Å²) in [6, 6.07) is 0. The number of ketones is 1. The first-order valence-corrected chi connectivity index (χ1v) is 11.9. The van der Waals surface area contributed by atoms with E-state index < -0.39 is 11.4 Å². The summed E-state index contributed by atoms with van der Waals surface area (Å²) in [5.74, 6) is 2.88. The van der Waals surface area contributed by atoms with E-state index in [2.05, 4.69) is 20.8 Å². The van der Waals surface area contributed by atoms with Crippen LogP contribution in [0.3, 0.4) is 0 Å². The van der Waals surface area contributed by atoms with Crippen molar-refractivity contribution < 1.29 is 14.7 Å². The van der Waals surface area contributed by atoms with Crippen molar-refractivity contribution in [2.75, 3.05) is 0 Å². The third-order valence-corrected chi connectivity index (χ3v) is 10.7. The van der Waals surface area contributed by atoms with Gasteiger partial charge in [0.1, 0.15) is 5.78 Å². The molecule has 8 unspecified atom stereocenters. The molecule has 4 aliphatic rings. The molecule has 28 heavy (non-hydrogen) atoms. The van der Waals surface area contributed by atoms with Crippen LogP contribution in [-0.2, 0) is 9.59 Å². The van der Waals surface area contributed by atoms with Crippen LogP contribution in [0.15, 0.2) is 0 Å². The lowest BCUT2D eigenvalue weighted by Gasteiger charge is -2.65. The molecular weight excluding hydrogens is 348 g/mol. The van der Waals surface area contributed by atoms with Crippen LogP contribution in [0, 0.1) is 45.8 Å². The third-order valence-electron chi connectivity index (χ3n) is 10.7. The molecule has 8 atom stereocenters. The molecule has 4 fully saturated rings. The van der Waals surface area contributed by atoms with Crippen LogP contribution in [0.5, 0.6) is 0 Å². The molecule has 3 heteroatoms. The smallest absolute Gasteiger partial charge is 0.309 e. The Labute approximate surface area is 171 Å². The van der Waals surface area contributed by atoms with Gasteiger partial charge in [0.25, 0.3) is 0 Å². The standard InChI is InChI=1S/C25H40O3/c1-16-9-13-24(4)19-11-15-25(22(27)28)12-5-6-20(25)18(19)7-8-21(24)23(16,3)14-10-17(2)26/h16,18-21H,5-15H2,1-4H3,(H,27,28). The lowest BCUT2D eigenvalue weighted by atomic mass is 9.39. The number of hydrogen-bond acceptors (Lipinski definition) is 2. The van der Waals surface area contributed by atoms with Gasteiger partial charge in [-0.05, 0) is 105 Å². The Kier molecular flexibility index (Phi) is 4.99. The van der Waals surface area contributed by atoms with Crippen molar-refractivity contribution in [3.05, 3.63) is 0 Å². The minimum Gasteiger partial charge on any atom is -0.481 e. The molecule has 0 spiro atoms. The predicted octanol–water partition coefficient (Wildman–Crippen LogP) is 6.11. The van der Waals surface area contributed by atoms with Crippen LogP contribution in [-0.4, -0.2) is 16.9 Å². The molecule has 0 aromatic carbocycles. The first-order chi connectivity index (χ1) is 13.1. The van der Waals surface area contributed by atoms with Crippen molar-refractivity contribution in [3.63, 3.8) is 0 Å². The van der Waals surface area contributed by atoms with Crippen LogP contribution in [0.1, 0.15) is 98.3 Å². The molecule has 3 nitrogen and oxygen atoms in total. The molecule has 0 amide bonds. The second-order valence-corrected chi connectivity index (χ2v) is 11.6. The summed E-state index contributed by atoms with van der Waals surface area (Å²) in [6.45, 7) is 9.18. The summed E-state index contributed by atoms with van der Waals surface area (Å²) >= 11 is 0. The number of hydrogen-bond donors (Lipinski definition) is 1. The highest BCUT2D eigenvalue weighted by atomic mass is 16.4. The van der Waals surface area contributed by atoms with E-state index in [0.29, 0.717) is 47.2 Å². The first-order valence-electron chi connectivity index (χ1n) is 11.9. The monoisotopic (exact) mass is 388 g/mol. The molecule has 0 bridgehead atoms. The van der Waals surface area contributed by atoms with Gasteiger partial charge in [0.05, 0.1) is 5.41 Å². The zero-order chi connectivity index (χ0) is 20.3. The average molecular weight is 389 g/mol. The van der Waals surface area contributed by atoms with E-state index in [0.717, 1.165) is 38.5 Å². The number of carboxylic acids is 1. The maximum Gasteiger partial charge on any atom is 0.309 e. The van der Waals surface area contributed by atoms with Crippen molar-refractivity contribution in [3.8, 4) is 0 Å². The zero-order valence-corrected chi connectivity index (χ0v) is 18.4. The lowest BCUT2D eigenvalue weighted by Crippen LogP contribution is -2.59. The predicted molar refractivity (Wildman–Crippen MR) is 111 cm³/mol. The van der Waals surface area contributed by atoms with Crippen LogP contribution < -0.4 is 0 Å². The molecule has 0 saturated heterocycles. The van der Waals surface area contributed by atoms with E-state index in [4.69, 9.17) is 0 Å². The van der Waals surface area contributed by atoms with E-state index in [-0.39, 0.29) is 5.41 Å². The maximum absolute atomic E-state index is 12.3. The van der Waals surface area contributed by atoms with Crippen LogP contribution in [0.2, 0.25) is 0 Å². The molecule has 4 aliphatic carbocycles.